The highest BCUT2D eigenvalue weighted by molar-refractivity contribution is 7.17. The first kappa shape index (κ1) is 29.1. The molecule has 0 aromatic carbocycles. The molecule has 1 aliphatic carbocycles. The second kappa shape index (κ2) is 12.1. The van der Waals surface area contributed by atoms with Gasteiger partial charge in [-0.05, 0) is 95.3 Å². The number of nitrogens with one attached hydrogen (secondary N) is 1. The quantitative estimate of drug-likeness (QED) is 0.272. The van der Waals surface area contributed by atoms with Gasteiger partial charge in [0.25, 0.3) is 0 Å². The second-order valence-electron chi connectivity index (χ2n) is 11.4. The van der Waals surface area contributed by atoms with Gasteiger partial charge in [0.1, 0.15) is 5.60 Å². The Morgan fingerprint density at radius 1 is 0.868 bits per heavy atom. The van der Waals surface area contributed by atoms with Crippen molar-refractivity contribution in [3.63, 3.8) is 0 Å². The Bertz CT molecular complexity index is 1350. The Morgan fingerprint density at radius 2 is 1.34 bits per heavy atom. The second-order valence-corrected chi connectivity index (χ2v) is 13.2. The summed E-state index contributed by atoms with van der Waals surface area (Å²) in [4.78, 5) is 12.2. The molecule has 1 saturated heterocycles. The summed E-state index contributed by atoms with van der Waals surface area (Å²) in [6, 6.07) is 4.29. The summed E-state index contributed by atoms with van der Waals surface area (Å²) in [6.45, 7) is 8.05. The van der Waals surface area contributed by atoms with Gasteiger partial charge in [-0.1, -0.05) is 0 Å². The van der Waals surface area contributed by atoms with E-state index in [1.54, 1.807) is 11.3 Å². The zero-order chi connectivity index (χ0) is 26.2. The summed E-state index contributed by atoms with van der Waals surface area (Å²) in [5, 5.41) is 17.1. The highest BCUT2D eigenvalue weighted by Crippen LogP contribution is 2.40. The number of hydrogen-bond acceptors (Lipinski definition) is 7. The molecule has 0 unspecified atom stereocenters. The van der Waals surface area contributed by atoms with Gasteiger partial charge in [-0.15, -0.1) is 35.1 Å². The van der Waals surface area contributed by atoms with Gasteiger partial charge in [-0.3, -0.25) is 14.2 Å². The number of aromatic nitrogens is 4. The van der Waals surface area contributed by atoms with Crippen LogP contribution in [0.3, 0.4) is 0 Å². The van der Waals surface area contributed by atoms with Crippen LogP contribution in [-0.2, 0) is 23.6 Å². The first-order valence-electron chi connectivity index (χ1n) is 13.4. The van der Waals surface area contributed by atoms with E-state index in [0.717, 1.165) is 38.8 Å². The number of rotatable bonds is 3. The van der Waals surface area contributed by atoms with Gasteiger partial charge in [0.2, 0.25) is 0 Å². The molecule has 0 amide bonds. The molecule has 2 fully saturated rings. The molecular formula is C28H40ClN5O2S2. The van der Waals surface area contributed by atoms with Crippen LogP contribution in [0.15, 0.2) is 22.9 Å². The maximum atomic E-state index is 12.2. The minimum atomic E-state index is -0.391. The molecule has 1 aliphatic heterocycles. The van der Waals surface area contributed by atoms with Gasteiger partial charge < -0.3 is 10.1 Å². The standard InChI is InChI=1S/C17H24N2O2S.C11H15N3S.ClH/c1-17(2,3)21-16(20)12-7-5-11(6-8-12)14-15-13(9-10-22-15)19(4)18-14;1-14-9-4-7-15-11(9)10(13-14)8-2-5-12-6-3-8;/h9-12H,5-8H2,1-4H3;4,7-8,12H,2-3,5-6H2,1H3;1H. The average Bonchev–Trinajstić information content (AvgIpc) is 3.65. The van der Waals surface area contributed by atoms with E-state index in [9.17, 15) is 4.79 Å². The number of thiophene rings is 2. The Balaban J connectivity index is 0.000000184. The summed E-state index contributed by atoms with van der Waals surface area (Å²) >= 11 is 3.59. The molecule has 6 rings (SSSR count). The van der Waals surface area contributed by atoms with Crippen molar-refractivity contribution in [2.75, 3.05) is 13.1 Å². The summed E-state index contributed by atoms with van der Waals surface area (Å²) in [5.74, 6) is 1.15. The van der Waals surface area contributed by atoms with E-state index in [1.807, 2.05) is 55.6 Å². The predicted octanol–water partition coefficient (Wildman–Crippen LogP) is 6.77. The minimum Gasteiger partial charge on any atom is -0.460 e. The van der Waals surface area contributed by atoms with Crippen molar-refractivity contribution in [1.29, 1.82) is 0 Å². The Labute approximate surface area is 239 Å². The summed E-state index contributed by atoms with van der Waals surface area (Å²) < 4.78 is 12.2. The molecule has 0 radical (unpaired) electrons. The van der Waals surface area contributed by atoms with Crippen molar-refractivity contribution < 1.29 is 9.53 Å². The fourth-order valence-corrected chi connectivity index (χ4v) is 7.60. The third-order valence-corrected chi connectivity index (χ3v) is 9.40. The van der Waals surface area contributed by atoms with Crippen molar-refractivity contribution in [3.05, 3.63) is 34.3 Å². The molecule has 2 aliphatic rings. The van der Waals surface area contributed by atoms with Crippen LogP contribution in [0.1, 0.15) is 82.5 Å². The number of fused-ring (bicyclic) bond motifs is 2. The Kier molecular flexibility index (Phi) is 9.22. The number of piperidine rings is 1. The third kappa shape index (κ3) is 6.27. The fourth-order valence-electron chi connectivity index (χ4n) is 5.64. The molecule has 208 valence electrons. The molecule has 7 nitrogen and oxygen atoms in total. The van der Waals surface area contributed by atoms with Gasteiger partial charge in [-0.2, -0.15) is 10.2 Å². The number of carbonyl (C=O) groups excluding carboxylic acids is 1. The van der Waals surface area contributed by atoms with Crippen molar-refractivity contribution >= 4 is 61.5 Å². The van der Waals surface area contributed by atoms with Gasteiger partial charge in [0, 0.05) is 25.9 Å². The van der Waals surface area contributed by atoms with Crippen LogP contribution in [-0.4, -0.2) is 44.2 Å². The lowest BCUT2D eigenvalue weighted by atomic mass is 9.80. The Morgan fingerprint density at radius 3 is 1.82 bits per heavy atom. The lowest BCUT2D eigenvalue weighted by molar-refractivity contribution is -0.161. The van der Waals surface area contributed by atoms with Gasteiger partial charge in [-0.25, -0.2) is 0 Å². The molecule has 0 atom stereocenters. The fraction of sp³-hybridized carbons (Fsp3) is 0.607. The van der Waals surface area contributed by atoms with Gasteiger partial charge in [0.05, 0.1) is 37.7 Å². The predicted molar refractivity (Wildman–Crippen MR) is 160 cm³/mol. The van der Waals surface area contributed by atoms with E-state index in [0.29, 0.717) is 11.8 Å². The normalized spacial score (nSPS) is 20.7. The lowest BCUT2D eigenvalue weighted by Crippen LogP contribution is -2.30. The number of ether oxygens (including phenoxy) is 1. The van der Waals surface area contributed by atoms with E-state index < -0.39 is 5.60 Å². The molecule has 4 aromatic heterocycles. The van der Waals surface area contributed by atoms with Gasteiger partial charge in [0.15, 0.2) is 0 Å². The SMILES string of the molecule is Cl.Cn1nc(C2CCC(C(=O)OC(C)(C)C)CC2)c2sccc21.Cn1nc(C2CCNCC2)c2sccc21. The molecule has 10 heteroatoms. The van der Waals surface area contributed by atoms with E-state index in [1.165, 1.54) is 44.7 Å². The van der Waals surface area contributed by atoms with E-state index in [4.69, 9.17) is 9.84 Å². The van der Waals surface area contributed by atoms with Crippen molar-refractivity contribution in [1.82, 2.24) is 24.9 Å². The van der Waals surface area contributed by atoms with Crippen molar-refractivity contribution in [2.24, 2.45) is 20.0 Å². The molecular weight excluding hydrogens is 538 g/mol. The zero-order valence-electron chi connectivity index (χ0n) is 23.0. The maximum Gasteiger partial charge on any atom is 0.309 e. The monoisotopic (exact) mass is 577 g/mol. The largest absolute Gasteiger partial charge is 0.460 e. The van der Waals surface area contributed by atoms with Crippen LogP contribution in [0.2, 0.25) is 0 Å². The number of hydrogen-bond donors (Lipinski definition) is 1. The number of carbonyl (C=O) groups is 1. The lowest BCUT2D eigenvalue weighted by Gasteiger charge is -2.29. The summed E-state index contributed by atoms with van der Waals surface area (Å²) in [6.07, 6.45) is 6.31. The molecule has 0 spiro atoms. The Hall–Kier alpha value is -1.94. The molecule has 0 bridgehead atoms. The number of halogens is 1. The molecule has 38 heavy (non-hydrogen) atoms. The highest BCUT2D eigenvalue weighted by Gasteiger charge is 2.32. The van der Waals surface area contributed by atoms with Gasteiger partial charge >= 0.3 is 5.97 Å². The van der Waals surface area contributed by atoms with E-state index >= 15 is 0 Å². The van der Waals surface area contributed by atoms with E-state index in [2.05, 4.69) is 33.3 Å². The van der Waals surface area contributed by atoms with Crippen LogP contribution in [0.4, 0.5) is 0 Å². The minimum absolute atomic E-state index is 0. The van der Waals surface area contributed by atoms with Crippen molar-refractivity contribution in [3.8, 4) is 0 Å². The van der Waals surface area contributed by atoms with Crippen LogP contribution in [0.25, 0.3) is 20.4 Å². The van der Waals surface area contributed by atoms with E-state index in [-0.39, 0.29) is 24.3 Å². The molecule has 4 aromatic rings. The number of aryl methyl sites for hydroxylation is 2. The third-order valence-electron chi connectivity index (χ3n) is 7.55. The van der Waals surface area contributed by atoms with Crippen LogP contribution < -0.4 is 5.32 Å². The van der Waals surface area contributed by atoms with Crippen LogP contribution in [0.5, 0.6) is 0 Å². The number of esters is 1. The zero-order valence-corrected chi connectivity index (χ0v) is 25.5. The average molecular weight is 578 g/mol. The molecule has 5 heterocycles. The maximum absolute atomic E-state index is 12.2. The summed E-state index contributed by atoms with van der Waals surface area (Å²) in [5.41, 5.74) is 4.65. The van der Waals surface area contributed by atoms with Crippen LogP contribution in [0, 0.1) is 5.92 Å². The topological polar surface area (TPSA) is 74.0 Å². The number of nitrogens with zero attached hydrogens (tertiary/aromatic N) is 4. The van der Waals surface area contributed by atoms with Crippen molar-refractivity contribution in [2.45, 2.75) is 76.7 Å². The highest BCUT2D eigenvalue weighted by atomic mass is 35.5. The molecule has 1 N–H and O–H groups in total. The molecule has 1 saturated carbocycles. The first-order valence-corrected chi connectivity index (χ1v) is 15.2. The first-order chi connectivity index (χ1) is 17.7. The smallest absolute Gasteiger partial charge is 0.309 e. The van der Waals surface area contributed by atoms with Crippen LogP contribution >= 0.6 is 35.1 Å². The summed E-state index contributed by atoms with van der Waals surface area (Å²) in [7, 11) is 4.05.